The molecule has 0 aliphatic heterocycles. The number of phenols is 1. The van der Waals surface area contributed by atoms with Crippen LogP contribution in [0, 0.1) is 0 Å². The lowest BCUT2D eigenvalue weighted by Gasteiger charge is -2.27. The third-order valence-electron chi connectivity index (χ3n) is 13.0. The lowest BCUT2D eigenvalue weighted by molar-refractivity contribution is 0.446. The Bertz CT molecular complexity index is 3500. The zero-order valence-electron chi connectivity index (χ0n) is 38.4. The van der Waals surface area contributed by atoms with Crippen LogP contribution in [0.15, 0.2) is 164 Å². The van der Waals surface area contributed by atoms with Crippen molar-refractivity contribution in [2.45, 2.75) is 78.6 Å². The van der Waals surface area contributed by atoms with Gasteiger partial charge in [-0.3, -0.25) is 9.38 Å². The van der Waals surface area contributed by atoms with Gasteiger partial charge in [0.15, 0.2) is 0 Å². The van der Waals surface area contributed by atoms with Crippen LogP contribution in [0.25, 0.3) is 93.8 Å². The lowest BCUT2D eigenvalue weighted by atomic mass is 9.79. The van der Waals surface area contributed by atoms with Gasteiger partial charge in [0.1, 0.15) is 11.6 Å². The van der Waals surface area contributed by atoms with E-state index in [0.29, 0.717) is 11.4 Å². The minimum atomic E-state index is -0.332. The van der Waals surface area contributed by atoms with Gasteiger partial charge in [-0.2, -0.15) is 0 Å². The number of nitrogens with zero attached hydrogens (tertiary/aromatic N) is 3. The molecule has 0 radical (unpaired) electrons. The zero-order chi connectivity index (χ0) is 44.7. The zero-order valence-corrected chi connectivity index (χ0v) is 38.4. The number of fused-ring (bicyclic) bond motifs is 7. The maximum absolute atomic E-state index is 12.7. The summed E-state index contributed by atoms with van der Waals surface area (Å²) < 4.78 is 2.34. The van der Waals surface area contributed by atoms with Crippen molar-refractivity contribution in [3.8, 4) is 50.6 Å². The first kappa shape index (κ1) is 41.0. The SMILES string of the molecule is CC(C)(C)c1cc(-c2cc(-c3ccccc3)ccn2)cc(-c2ccc3c4ccccc4c4ccccc4c4ccccc4n4c(-c5cc(C(C)(C)C)cc(C(C)(C)C)c5O)nc2c34)c1. The Morgan fingerprint density at radius 2 is 1.00 bits per heavy atom. The van der Waals surface area contributed by atoms with Gasteiger partial charge in [-0.25, -0.2) is 4.98 Å². The summed E-state index contributed by atoms with van der Waals surface area (Å²) in [6.45, 7) is 20.1. The normalized spacial score (nSPS) is 12.5. The molecular weight excluding hydrogens is 779 g/mol. The second-order valence-electron chi connectivity index (χ2n) is 20.5. The monoisotopic (exact) mass is 833 g/mol. The number of benzene rings is 7. The highest BCUT2D eigenvalue weighted by Gasteiger charge is 2.29. The molecule has 64 heavy (non-hydrogen) atoms. The number of hydrogen-bond acceptors (Lipinski definition) is 3. The van der Waals surface area contributed by atoms with E-state index < -0.39 is 0 Å². The van der Waals surface area contributed by atoms with Crippen molar-refractivity contribution in [2.75, 3.05) is 0 Å². The average Bonchev–Trinajstić information content (AvgIpc) is 3.69. The van der Waals surface area contributed by atoms with E-state index in [4.69, 9.17) is 9.97 Å². The van der Waals surface area contributed by atoms with Crippen LogP contribution in [-0.2, 0) is 16.2 Å². The van der Waals surface area contributed by atoms with Gasteiger partial charge < -0.3 is 5.11 Å². The second kappa shape index (κ2) is 15.1. The summed E-state index contributed by atoms with van der Waals surface area (Å²) in [7, 11) is 0. The fourth-order valence-electron chi connectivity index (χ4n) is 9.42. The molecule has 0 aliphatic rings. The van der Waals surface area contributed by atoms with E-state index in [9.17, 15) is 5.11 Å². The molecule has 0 unspecified atom stereocenters. The first-order valence-corrected chi connectivity index (χ1v) is 22.5. The van der Waals surface area contributed by atoms with E-state index in [-0.39, 0.29) is 22.0 Å². The molecule has 0 atom stereocenters. The molecule has 3 heterocycles. The van der Waals surface area contributed by atoms with Crippen LogP contribution in [0.5, 0.6) is 5.75 Å². The van der Waals surface area contributed by atoms with Crippen LogP contribution < -0.4 is 0 Å². The number of pyridine rings is 1. The molecular formula is C60H55N3O. The number of rotatable bonds is 4. The Hall–Kier alpha value is -7.04. The van der Waals surface area contributed by atoms with E-state index >= 15 is 0 Å². The van der Waals surface area contributed by atoms with Gasteiger partial charge >= 0.3 is 0 Å². The maximum atomic E-state index is 12.7. The van der Waals surface area contributed by atoms with Crippen LogP contribution in [0.3, 0.4) is 0 Å². The summed E-state index contributed by atoms with van der Waals surface area (Å²) in [4.78, 5) is 10.8. The third-order valence-corrected chi connectivity index (χ3v) is 13.0. The summed E-state index contributed by atoms with van der Waals surface area (Å²) >= 11 is 0. The molecule has 3 aromatic heterocycles. The van der Waals surface area contributed by atoms with Gasteiger partial charge in [0, 0.05) is 33.7 Å². The molecule has 0 saturated carbocycles. The lowest BCUT2D eigenvalue weighted by Crippen LogP contribution is -2.17. The van der Waals surface area contributed by atoms with Crippen LogP contribution in [-0.4, -0.2) is 19.5 Å². The van der Waals surface area contributed by atoms with E-state index in [1.807, 2.05) is 6.20 Å². The van der Waals surface area contributed by atoms with Crippen molar-refractivity contribution in [3.05, 3.63) is 181 Å². The minimum absolute atomic E-state index is 0.156. The molecule has 10 rings (SSSR count). The first-order valence-electron chi connectivity index (χ1n) is 22.5. The summed E-state index contributed by atoms with van der Waals surface area (Å²) in [6, 6.07) is 56.8. The van der Waals surface area contributed by atoms with Crippen molar-refractivity contribution in [1.29, 1.82) is 0 Å². The molecule has 0 spiro atoms. The van der Waals surface area contributed by atoms with Gasteiger partial charge in [0.2, 0.25) is 0 Å². The average molecular weight is 834 g/mol. The molecule has 1 N–H and O–H groups in total. The van der Waals surface area contributed by atoms with Gasteiger partial charge in [-0.1, -0.05) is 184 Å². The first-order chi connectivity index (χ1) is 30.6. The largest absolute Gasteiger partial charge is 0.507 e. The third kappa shape index (κ3) is 7.02. The standard InChI is InChI=1S/C60H55N3O/c1-58(2,3)41-32-39(31-40(33-41)52-34-38(29-30-61-52)37-19-11-10-12-20-37)43-27-28-49-47-24-16-14-22-45(47)44-21-13-15-23-46(44)48-25-17-18-26-53(48)63-55(49)54(43)62-57(63)50-35-42(59(4,5)6)36-51(56(50)64)60(7,8)9/h10-36,64H,1-9H3. The van der Waals surface area contributed by atoms with Gasteiger partial charge in [-0.15, -0.1) is 0 Å². The number of aromatic nitrogens is 3. The van der Waals surface area contributed by atoms with E-state index in [1.54, 1.807) is 0 Å². The van der Waals surface area contributed by atoms with E-state index in [2.05, 4.69) is 224 Å². The number of imidazole rings is 1. The number of aromatic hydroxyl groups is 1. The molecule has 10 aromatic rings. The van der Waals surface area contributed by atoms with Gasteiger partial charge in [0.25, 0.3) is 0 Å². The van der Waals surface area contributed by atoms with Crippen LogP contribution >= 0.6 is 0 Å². The molecule has 0 aliphatic carbocycles. The molecule has 0 saturated heterocycles. The molecule has 0 amide bonds. The fourth-order valence-corrected chi connectivity index (χ4v) is 9.42. The molecule has 4 heteroatoms. The van der Waals surface area contributed by atoms with Crippen LogP contribution in [0.4, 0.5) is 0 Å². The summed E-state index contributed by atoms with van der Waals surface area (Å²) in [6.07, 6.45) is 1.92. The van der Waals surface area contributed by atoms with Crippen molar-refractivity contribution in [2.24, 2.45) is 0 Å². The Kier molecular flexibility index (Phi) is 9.64. The Morgan fingerprint density at radius 3 is 1.64 bits per heavy atom. The van der Waals surface area contributed by atoms with Crippen LogP contribution in [0.2, 0.25) is 0 Å². The fraction of sp³-hybridized carbons (Fsp3) is 0.200. The Balaban J connectivity index is 1.41. The molecule has 0 bridgehead atoms. The highest BCUT2D eigenvalue weighted by molar-refractivity contribution is 6.22. The Labute approximate surface area is 376 Å². The molecule has 316 valence electrons. The minimum Gasteiger partial charge on any atom is -0.507 e. The predicted octanol–water partition coefficient (Wildman–Crippen LogP) is 16.2. The molecule has 7 aromatic carbocycles. The van der Waals surface area contributed by atoms with Crippen molar-refractivity contribution < 1.29 is 5.11 Å². The highest BCUT2D eigenvalue weighted by atomic mass is 16.3. The summed E-state index contributed by atoms with van der Waals surface area (Å²) in [5, 5.41) is 19.4. The molecule has 4 nitrogen and oxygen atoms in total. The van der Waals surface area contributed by atoms with Gasteiger partial charge in [0.05, 0.1) is 27.8 Å². The topological polar surface area (TPSA) is 50.4 Å². The van der Waals surface area contributed by atoms with E-state index in [1.165, 1.54) is 10.9 Å². The summed E-state index contributed by atoms with van der Waals surface area (Å²) in [5.74, 6) is 0.959. The number of hydrogen-bond donors (Lipinski definition) is 1. The van der Waals surface area contributed by atoms with Crippen LogP contribution in [0.1, 0.15) is 79.0 Å². The smallest absolute Gasteiger partial charge is 0.149 e. The van der Waals surface area contributed by atoms with Crippen molar-refractivity contribution >= 4 is 48.9 Å². The van der Waals surface area contributed by atoms with Gasteiger partial charge in [-0.05, 0) is 102 Å². The quantitative estimate of drug-likeness (QED) is 0.192. The maximum Gasteiger partial charge on any atom is 0.149 e. The number of phenolic OH excluding ortho intramolecular Hbond substituents is 1. The summed E-state index contributed by atoms with van der Waals surface area (Å²) in [5.41, 5.74) is 12.5. The van der Waals surface area contributed by atoms with Crippen molar-refractivity contribution in [3.63, 3.8) is 0 Å². The predicted molar refractivity (Wildman–Crippen MR) is 271 cm³/mol. The van der Waals surface area contributed by atoms with E-state index in [0.717, 1.165) is 88.1 Å². The molecule has 0 fully saturated rings. The number of para-hydroxylation sites is 1. The van der Waals surface area contributed by atoms with Crippen molar-refractivity contribution in [1.82, 2.24) is 14.4 Å². The Morgan fingerprint density at radius 1 is 0.438 bits per heavy atom. The second-order valence-corrected chi connectivity index (χ2v) is 20.5. The highest BCUT2D eigenvalue weighted by Crippen LogP contribution is 2.46.